The van der Waals surface area contributed by atoms with Crippen LogP contribution >= 0.6 is 11.8 Å². The van der Waals surface area contributed by atoms with Crippen LogP contribution in [-0.4, -0.2) is 15.2 Å². The molecule has 0 spiro atoms. The second kappa shape index (κ2) is 7.21. The van der Waals surface area contributed by atoms with E-state index in [1.165, 1.54) is 11.8 Å². The van der Waals surface area contributed by atoms with Gasteiger partial charge in [0.05, 0.1) is 5.69 Å². The first kappa shape index (κ1) is 14.8. The van der Waals surface area contributed by atoms with Crippen molar-refractivity contribution in [3.63, 3.8) is 0 Å². The maximum absolute atomic E-state index is 12.0. The number of hydrogen-bond acceptors (Lipinski definition) is 3. The molecule has 0 fully saturated rings. The molecule has 0 aliphatic rings. The van der Waals surface area contributed by atoms with E-state index in [1.54, 1.807) is 6.08 Å². The number of rotatable bonds is 7. The van der Waals surface area contributed by atoms with Crippen molar-refractivity contribution in [1.82, 2.24) is 9.97 Å². The molecule has 0 aliphatic carbocycles. The fraction of sp³-hybridized carbons (Fsp3) is 0.429. The van der Waals surface area contributed by atoms with Crippen LogP contribution in [0.15, 0.2) is 35.3 Å². The molecule has 0 radical (unpaired) electrons. The highest BCUT2D eigenvalue weighted by molar-refractivity contribution is 7.99. The minimum atomic E-state index is -0.0490. The minimum Gasteiger partial charge on any atom is -0.301 e. The van der Waals surface area contributed by atoms with Crippen molar-refractivity contribution < 1.29 is 0 Å². The summed E-state index contributed by atoms with van der Waals surface area (Å²) in [7, 11) is 0. The molecular weight excluding hydrogens is 244 g/mol. The summed E-state index contributed by atoms with van der Waals surface area (Å²) >= 11 is 1.51. The van der Waals surface area contributed by atoms with Gasteiger partial charge in [-0.15, -0.1) is 13.2 Å². The summed E-state index contributed by atoms with van der Waals surface area (Å²) in [6.07, 6.45) is 5.94. The highest BCUT2D eigenvalue weighted by atomic mass is 32.2. The molecule has 1 rings (SSSR count). The fourth-order valence-corrected chi connectivity index (χ4v) is 2.36. The number of aromatic nitrogens is 2. The molecule has 0 amide bonds. The van der Waals surface area contributed by atoms with Crippen LogP contribution in [0.25, 0.3) is 0 Å². The quantitative estimate of drug-likeness (QED) is 0.467. The van der Waals surface area contributed by atoms with Gasteiger partial charge in [-0.25, -0.2) is 4.98 Å². The lowest BCUT2D eigenvalue weighted by Crippen LogP contribution is -2.18. The molecule has 1 N–H and O–H groups in total. The molecule has 3 nitrogen and oxygen atoms in total. The number of nitrogens with zero attached hydrogens (tertiary/aromatic N) is 1. The third kappa shape index (κ3) is 3.88. The summed E-state index contributed by atoms with van der Waals surface area (Å²) in [5, 5.41) is 0.900. The third-order valence-corrected chi connectivity index (χ3v) is 3.52. The second-order valence-electron chi connectivity index (χ2n) is 4.10. The molecule has 1 atom stereocenters. The molecular formula is C14H20N2OS. The van der Waals surface area contributed by atoms with Crippen molar-refractivity contribution in [2.75, 3.05) is 0 Å². The lowest BCUT2D eigenvalue weighted by atomic mass is 10.1. The van der Waals surface area contributed by atoms with Crippen LogP contribution in [0, 0.1) is 0 Å². The Balaban J connectivity index is 3.13. The van der Waals surface area contributed by atoms with Crippen LogP contribution in [-0.2, 0) is 12.8 Å². The van der Waals surface area contributed by atoms with Gasteiger partial charge in [-0.05, 0) is 19.8 Å². The first-order valence-corrected chi connectivity index (χ1v) is 7.02. The molecule has 1 heterocycles. The van der Waals surface area contributed by atoms with Gasteiger partial charge in [-0.1, -0.05) is 37.3 Å². The van der Waals surface area contributed by atoms with E-state index in [0.29, 0.717) is 11.6 Å². The second-order valence-corrected chi connectivity index (χ2v) is 5.46. The number of aryl methyl sites for hydroxylation is 1. The van der Waals surface area contributed by atoms with E-state index in [1.807, 2.05) is 13.0 Å². The Morgan fingerprint density at radius 1 is 1.50 bits per heavy atom. The summed E-state index contributed by atoms with van der Waals surface area (Å²) < 4.78 is 0. The molecule has 1 aromatic heterocycles. The van der Waals surface area contributed by atoms with Gasteiger partial charge < -0.3 is 4.98 Å². The van der Waals surface area contributed by atoms with Crippen molar-refractivity contribution in [3.05, 3.63) is 46.9 Å². The number of aromatic amines is 1. The average Bonchev–Trinajstić information content (AvgIpc) is 2.34. The van der Waals surface area contributed by atoms with Gasteiger partial charge in [0, 0.05) is 10.8 Å². The Hall–Kier alpha value is -1.29. The SMILES string of the molecule is C=CCc1c(CCC)nc(S[C@@H](C)C=C)[nH]c1=O. The Morgan fingerprint density at radius 2 is 2.22 bits per heavy atom. The first-order chi connectivity index (χ1) is 8.62. The average molecular weight is 264 g/mol. The maximum Gasteiger partial charge on any atom is 0.255 e. The van der Waals surface area contributed by atoms with Crippen molar-refractivity contribution in [3.8, 4) is 0 Å². The van der Waals surface area contributed by atoms with Gasteiger partial charge >= 0.3 is 0 Å². The van der Waals surface area contributed by atoms with E-state index in [0.717, 1.165) is 24.1 Å². The monoisotopic (exact) mass is 264 g/mol. The van der Waals surface area contributed by atoms with Crippen LogP contribution in [0.1, 0.15) is 31.5 Å². The van der Waals surface area contributed by atoms with Crippen molar-refractivity contribution in [2.45, 2.75) is 43.5 Å². The predicted molar refractivity (Wildman–Crippen MR) is 78.3 cm³/mol. The normalized spacial score (nSPS) is 12.1. The Labute approximate surface area is 112 Å². The number of allylic oxidation sites excluding steroid dienone is 1. The minimum absolute atomic E-state index is 0.0490. The van der Waals surface area contributed by atoms with E-state index >= 15 is 0 Å². The smallest absolute Gasteiger partial charge is 0.255 e. The number of nitrogens with one attached hydrogen (secondary N) is 1. The molecule has 0 bridgehead atoms. The molecule has 0 saturated heterocycles. The Bertz CT molecular complexity index is 479. The molecule has 1 aromatic rings. The molecule has 0 unspecified atom stereocenters. The van der Waals surface area contributed by atoms with Crippen LogP contribution in [0.5, 0.6) is 0 Å². The molecule has 4 heteroatoms. The molecule has 0 saturated carbocycles. The standard InChI is InChI=1S/C14H20N2OS/c1-5-8-11-12(9-6-2)15-14(16-13(11)17)18-10(4)7-3/h5,7,10H,1,3,6,8-9H2,2,4H3,(H,15,16,17)/t10-/m0/s1. The van der Waals surface area contributed by atoms with Crippen LogP contribution < -0.4 is 5.56 Å². The van der Waals surface area contributed by atoms with Gasteiger partial charge in [0.2, 0.25) is 0 Å². The third-order valence-electron chi connectivity index (χ3n) is 2.54. The summed E-state index contributed by atoms with van der Waals surface area (Å²) in [5.74, 6) is 0. The van der Waals surface area contributed by atoms with E-state index in [2.05, 4.69) is 30.0 Å². The van der Waals surface area contributed by atoms with Gasteiger partial charge in [0.1, 0.15) is 0 Å². The maximum atomic E-state index is 12.0. The van der Waals surface area contributed by atoms with Crippen molar-refractivity contribution in [1.29, 1.82) is 0 Å². The van der Waals surface area contributed by atoms with Gasteiger partial charge in [0.15, 0.2) is 5.16 Å². The van der Waals surface area contributed by atoms with E-state index < -0.39 is 0 Å². The highest BCUT2D eigenvalue weighted by Gasteiger charge is 2.11. The number of thioether (sulfide) groups is 1. The topological polar surface area (TPSA) is 45.8 Å². The lowest BCUT2D eigenvalue weighted by molar-refractivity contribution is 0.790. The van der Waals surface area contributed by atoms with Crippen LogP contribution in [0.3, 0.4) is 0 Å². The van der Waals surface area contributed by atoms with Crippen molar-refractivity contribution >= 4 is 11.8 Å². The summed E-state index contributed by atoms with van der Waals surface area (Å²) in [5.41, 5.74) is 1.58. The molecule has 0 aliphatic heterocycles. The van der Waals surface area contributed by atoms with Crippen LogP contribution in [0.4, 0.5) is 0 Å². The summed E-state index contributed by atoms with van der Waals surface area (Å²) in [6.45, 7) is 11.5. The Kier molecular flexibility index (Phi) is 5.92. The zero-order chi connectivity index (χ0) is 13.5. The number of H-pyrrole nitrogens is 1. The zero-order valence-corrected chi connectivity index (χ0v) is 11.8. The predicted octanol–water partition coefficient (Wildman–Crippen LogP) is 3.12. The zero-order valence-electron chi connectivity index (χ0n) is 11.0. The largest absolute Gasteiger partial charge is 0.301 e. The van der Waals surface area contributed by atoms with Crippen LogP contribution in [0.2, 0.25) is 0 Å². The van der Waals surface area contributed by atoms with E-state index in [-0.39, 0.29) is 10.8 Å². The van der Waals surface area contributed by atoms with E-state index in [9.17, 15) is 4.79 Å². The first-order valence-electron chi connectivity index (χ1n) is 6.14. The van der Waals surface area contributed by atoms with Gasteiger partial charge in [-0.3, -0.25) is 4.79 Å². The Morgan fingerprint density at radius 3 is 2.78 bits per heavy atom. The molecule has 0 aromatic carbocycles. The summed E-state index contributed by atoms with van der Waals surface area (Å²) in [6, 6.07) is 0. The molecule has 98 valence electrons. The van der Waals surface area contributed by atoms with E-state index in [4.69, 9.17) is 0 Å². The fourth-order valence-electron chi connectivity index (χ4n) is 1.60. The van der Waals surface area contributed by atoms with Crippen molar-refractivity contribution in [2.24, 2.45) is 0 Å². The van der Waals surface area contributed by atoms with Gasteiger partial charge in [-0.2, -0.15) is 0 Å². The highest BCUT2D eigenvalue weighted by Crippen LogP contribution is 2.20. The summed E-state index contributed by atoms with van der Waals surface area (Å²) in [4.78, 5) is 19.4. The molecule has 18 heavy (non-hydrogen) atoms. The van der Waals surface area contributed by atoms with Gasteiger partial charge in [0.25, 0.3) is 5.56 Å². The lowest BCUT2D eigenvalue weighted by Gasteiger charge is -2.09. The number of hydrogen-bond donors (Lipinski definition) is 1.